The predicted octanol–water partition coefficient (Wildman–Crippen LogP) is 0.754. The van der Waals surface area contributed by atoms with Gasteiger partial charge in [-0.1, -0.05) is 18.3 Å². The van der Waals surface area contributed by atoms with Crippen molar-refractivity contribution in [3.05, 3.63) is 29.3 Å². The summed E-state index contributed by atoms with van der Waals surface area (Å²) in [5.74, 6) is 0.687. The number of likely N-dealkylation sites (N-methyl/N-ethyl adjacent to an activating group) is 1. The minimum atomic E-state index is 0.151. The lowest BCUT2D eigenvalue weighted by molar-refractivity contribution is 0.217. The molecule has 4 nitrogen and oxygen atoms in total. The van der Waals surface area contributed by atoms with E-state index < -0.39 is 0 Å². The Morgan fingerprint density at radius 2 is 2.24 bits per heavy atom. The van der Waals surface area contributed by atoms with Crippen LogP contribution in [0.3, 0.4) is 0 Å². The van der Waals surface area contributed by atoms with Crippen LogP contribution in [0.1, 0.15) is 11.1 Å². The molecule has 0 aliphatic carbocycles. The minimum Gasteiger partial charge on any atom is -0.496 e. The number of nitrogens with zero attached hydrogens (tertiary/aromatic N) is 1. The number of aliphatic hydroxyl groups is 1. The largest absolute Gasteiger partial charge is 0.496 e. The van der Waals surface area contributed by atoms with Gasteiger partial charge in [-0.3, -0.25) is 4.90 Å². The molecule has 0 aliphatic rings. The van der Waals surface area contributed by atoms with Gasteiger partial charge in [-0.2, -0.15) is 0 Å². The first-order valence-corrected chi connectivity index (χ1v) is 5.75. The van der Waals surface area contributed by atoms with Crippen LogP contribution in [0.4, 0.5) is 0 Å². The van der Waals surface area contributed by atoms with Crippen LogP contribution >= 0.6 is 12.2 Å². The second-order valence-electron chi connectivity index (χ2n) is 3.86. The number of rotatable bonds is 6. The van der Waals surface area contributed by atoms with Crippen LogP contribution in [0.5, 0.6) is 5.75 Å². The first-order valence-electron chi connectivity index (χ1n) is 5.34. The van der Waals surface area contributed by atoms with Gasteiger partial charge in [0, 0.05) is 13.1 Å². The Morgan fingerprint density at radius 1 is 1.53 bits per heavy atom. The molecule has 0 atom stereocenters. The van der Waals surface area contributed by atoms with E-state index in [1.165, 1.54) is 0 Å². The third kappa shape index (κ3) is 3.96. The van der Waals surface area contributed by atoms with E-state index in [4.69, 9.17) is 27.8 Å². The molecule has 0 radical (unpaired) electrons. The van der Waals surface area contributed by atoms with Crippen LogP contribution in [0.15, 0.2) is 18.2 Å². The number of methoxy groups -OCH3 is 1. The van der Waals surface area contributed by atoms with Crippen molar-refractivity contribution in [1.82, 2.24) is 4.90 Å². The fraction of sp³-hybridized carbons (Fsp3) is 0.417. The molecule has 0 spiro atoms. The first-order chi connectivity index (χ1) is 8.08. The molecule has 0 fully saturated rings. The van der Waals surface area contributed by atoms with Crippen LogP contribution in [-0.2, 0) is 6.54 Å². The smallest absolute Gasteiger partial charge is 0.129 e. The molecule has 0 aliphatic heterocycles. The second-order valence-corrected chi connectivity index (χ2v) is 4.30. The van der Waals surface area contributed by atoms with Gasteiger partial charge in [0.15, 0.2) is 0 Å². The van der Waals surface area contributed by atoms with E-state index >= 15 is 0 Å². The zero-order valence-electron chi connectivity index (χ0n) is 10.1. The van der Waals surface area contributed by atoms with Crippen LogP contribution < -0.4 is 10.5 Å². The van der Waals surface area contributed by atoms with Crippen molar-refractivity contribution >= 4 is 17.2 Å². The lowest BCUT2D eigenvalue weighted by Crippen LogP contribution is -2.21. The number of thiocarbonyl (C=S) groups is 1. The molecular formula is C12H18N2O2S. The van der Waals surface area contributed by atoms with Crippen molar-refractivity contribution in [3.63, 3.8) is 0 Å². The normalized spacial score (nSPS) is 10.6. The molecule has 1 aromatic carbocycles. The average molecular weight is 254 g/mol. The molecule has 0 unspecified atom stereocenters. The summed E-state index contributed by atoms with van der Waals surface area (Å²) in [6, 6.07) is 5.75. The lowest BCUT2D eigenvalue weighted by atomic mass is 10.1. The summed E-state index contributed by atoms with van der Waals surface area (Å²) in [6.07, 6.45) is 0. The highest BCUT2D eigenvalue weighted by atomic mass is 32.1. The number of hydrogen-bond acceptors (Lipinski definition) is 4. The highest BCUT2D eigenvalue weighted by Crippen LogP contribution is 2.20. The maximum absolute atomic E-state index is 8.83. The minimum absolute atomic E-state index is 0.151. The number of ether oxygens (including phenoxy) is 1. The van der Waals surface area contributed by atoms with Gasteiger partial charge in [-0.05, 0) is 24.7 Å². The number of nitrogens with two attached hydrogens (primary N) is 1. The summed E-state index contributed by atoms with van der Waals surface area (Å²) in [4.78, 5) is 2.35. The van der Waals surface area contributed by atoms with Gasteiger partial charge in [-0.15, -0.1) is 0 Å². The SMILES string of the molecule is COc1cc(CN(C)CCO)ccc1C(N)=S. The highest BCUT2D eigenvalue weighted by molar-refractivity contribution is 7.80. The molecule has 1 aromatic rings. The van der Waals surface area contributed by atoms with Crippen LogP contribution in [0.25, 0.3) is 0 Å². The summed E-state index contributed by atoms with van der Waals surface area (Å²) < 4.78 is 5.25. The maximum atomic E-state index is 8.83. The standard InChI is InChI=1S/C12H18N2O2S/c1-14(5-6-15)8-9-3-4-10(12(13)17)11(7-9)16-2/h3-4,7,15H,5-6,8H2,1-2H3,(H2,13,17). The highest BCUT2D eigenvalue weighted by Gasteiger charge is 2.08. The van der Waals surface area contributed by atoms with E-state index in [0.717, 1.165) is 17.7 Å². The zero-order chi connectivity index (χ0) is 12.8. The molecule has 0 heterocycles. The van der Waals surface area contributed by atoms with Crippen molar-refractivity contribution < 1.29 is 9.84 Å². The summed E-state index contributed by atoms with van der Waals surface area (Å²) in [5, 5.41) is 8.83. The van der Waals surface area contributed by atoms with Gasteiger partial charge in [0.1, 0.15) is 10.7 Å². The molecule has 0 aromatic heterocycles. The Labute approximate surface area is 107 Å². The number of hydrogen-bond donors (Lipinski definition) is 2. The molecule has 0 amide bonds. The Kier molecular flexibility index (Phi) is 5.34. The average Bonchev–Trinajstić information content (AvgIpc) is 2.28. The van der Waals surface area contributed by atoms with E-state index in [9.17, 15) is 0 Å². The van der Waals surface area contributed by atoms with Crippen molar-refractivity contribution in [3.8, 4) is 5.75 Å². The molecule has 3 N–H and O–H groups in total. The van der Waals surface area contributed by atoms with Crippen LogP contribution in [0, 0.1) is 0 Å². The van der Waals surface area contributed by atoms with E-state index in [2.05, 4.69) is 0 Å². The van der Waals surface area contributed by atoms with Crippen LogP contribution in [0.2, 0.25) is 0 Å². The van der Waals surface area contributed by atoms with Crippen molar-refractivity contribution in [1.29, 1.82) is 0 Å². The van der Waals surface area contributed by atoms with Crippen molar-refractivity contribution in [2.24, 2.45) is 5.73 Å². The van der Waals surface area contributed by atoms with Gasteiger partial charge in [-0.25, -0.2) is 0 Å². The fourth-order valence-electron chi connectivity index (χ4n) is 1.60. The third-order valence-electron chi connectivity index (χ3n) is 2.47. The van der Waals surface area contributed by atoms with Gasteiger partial charge >= 0.3 is 0 Å². The first kappa shape index (κ1) is 13.9. The van der Waals surface area contributed by atoms with E-state index in [1.54, 1.807) is 7.11 Å². The van der Waals surface area contributed by atoms with Gasteiger partial charge < -0.3 is 15.6 Å². The summed E-state index contributed by atoms with van der Waals surface area (Å²) in [6.45, 7) is 1.53. The van der Waals surface area contributed by atoms with Crippen molar-refractivity contribution in [2.75, 3.05) is 27.3 Å². The van der Waals surface area contributed by atoms with E-state index in [1.807, 2.05) is 30.1 Å². The topological polar surface area (TPSA) is 58.7 Å². The molecule has 0 saturated carbocycles. The molecule has 0 bridgehead atoms. The Morgan fingerprint density at radius 3 is 2.76 bits per heavy atom. The summed E-state index contributed by atoms with van der Waals surface area (Å²) in [5.41, 5.74) is 7.44. The Balaban J connectivity index is 2.86. The number of aliphatic hydroxyl groups excluding tert-OH is 1. The van der Waals surface area contributed by atoms with E-state index in [-0.39, 0.29) is 6.61 Å². The molecule has 5 heteroatoms. The van der Waals surface area contributed by atoms with Gasteiger partial charge in [0.2, 0.25) is 0 Å². The van der Waals surface area contributed by atoms with Gasteiger partial charge in [0.25, 0.3) is 0 Å². The summed E-state index contributed by atoms with van der Waals surface area (Å²) >= 11 is 4.94. The monoisotopic (exact) mass is 254 g/mol. The Hall–Kier alpha value is -1.17. The molecule has 0 saturated heterocycles. The quantitative estimate of drug-likeness (QED) is 0.734. The maximum Gasteiger partial charge on any atom is 0.129 e. The Bertz CT molecular complexity index is 396. The lowest BCUT2D eigenvalue weighted by Gasteiger charge is -2.16. The predicted molar refractivity (Wildman–Crippen MR) is 72.3 cm³/mol. The van der Waals surface area contributed by atoms with Crippen molar-refractivity contribution in [2.45, 2.75) is 6.54 Å². The number of benzene rings is 1. The summed E-state index contributed by atoms with van der Waals surface area (Å²) in [7, 11) is 3.54. The fourth-order valence-corrected chi connectivity index (χ4v) is 1.77. The third-order valence-corrected chi connectivity index (χ3v) is 2.69. The second kappa shape index (κ2) is 6.54. The van der Waals surface area contributed by atoms with Crippen LogP contribution in [-0.4, -0.2) is 42.3 Å². The van der Waals surface area contributed by atoms with Gasteiger partial charge in [0.05, 0.1) is 19.3 Å². The molecule has 94 valence electrons. The molecular weight excluding hydrogens is 236 g/mol. The molecule has 1 rings (SSSR count). The molecule has 17 heavy (non-hydrogen) atoms. The zero-order valence-corrected chi connectivity index (χ0v) is 11.0. The van der Waals surface area contributed by atoms with E-state index in [0.29, 0.717) is 17.3 Å².